The highest BCUT2D eigenvalue weighted by atomic mass is 16.2. The van der Waals surface area contributed by atoms with Gasteiger partial charge in [0.05, 0.1) is 12.6 Å². The number of hydrogen-bond acceptors (Lipinski definition) is 2. The van der Waals surface area contributed by atoms with E-state index in [9.17, 15) is 4.79 Å². The lowest BCUT2D eigenvalue weighted by atomic mass is 9.93. The summed E-state index contributed by atoms with van der Waals surface area (Å²) in [7, 11) is 0. The van der Waals surface area contributed by atoms with Crippen molar-refractivity contribution in [1.82, 2.24) is 4.90 Å². The van der Waals surface area contributed by atoms with Crippen molar-refractivity contribution in [2.24, 2.45) is 10.7 Å². The number of carbonyl (C=O) groups excluding carboxylic acids is 1. The number of aliphatic imine (C=N–C) groups is 1. The summed E-state index contributed by atoms with van der Waals surface area (Å²) >= 11 is 0. The Balaban J connectivity index is 2.11. The van der Waals surface area contributed by atoms with Gasteiger partial charge < -0.3 is 10.6 Å². The maximum absolute atomic E-state index is 11.7. The van der Waals surface area contributed by atoms with Gasteiger partial charge in [-0.15, -0.1) is 6.42 Å². The Kier molecular flexibility index (Phi) is 3.86. The first-order valence-electron chi connectivity index (χ1n) is 6.26. The van der Waals surface area contributed by atoms with Crippen molar-refractivity contribution < 1.29 is 4.79 Å². The van der Waals surface area contributed by atoms with Crippen LogP contribution in [0.15, 0.2) is 35.3 Å². The van der Waals surface area contributed by atoms with Gasteiger partial charge in [-0.05, 0) is 17.9 Å². The number of rotatable bonds is 4. The summed E-state index contributed by atoms with van der Waals surface area (Å²) in [5, 5.41) is 0. The van der Waals surface area contributed by atoms with Crippen molar-refractivity contribution in [3.8, 4) is 12.3 Å². The van der Waals surface area contributed by atoms with E-state index in [1.807, 2.05) is 18.2 Å². The molecule has 0 fully saturated rings. The van der Waals surface area contributed by atoms with E-state index in [2.05, 4.69) is 30.0 Å². The third-order valence-corrected chi connectivity index (χ3v) is 3.40. The van der Waals surface area contributed by atoms with Crippen molar-refractivity contribution in [2.75, 3.05) is 6.54 Å². The fourth-order valence-corrected chi connectivity index (χ4v) is 2.32. The van der Waals surface area contributed by atoms with Crippen molar-refractivity contribution in [3.63, 3.8) is 0 Å². The Morgan fingerprint density at radius 1 is 1.47 bits per heavy atom. The third-order valence-electron chi connectivity index (χ3n) is 3.40. The van der Waals surface area contributed by atoms with Crippen LogP contribution in [0.4, 0.5) is 4.79 Å². The minimum absolute atomic E-state index is 0.196. The summed E-state index contributed by atoms with van der Waals surface area (Å²) in [6.45, 7) is 2.36. The van der Waals surface area contributed by atoms with Gasteiger partial charge in [-0.2, -0.15) is 4.99 Å². The van der Waals surface area contributed by atoms with Gasteiger partial charge in [0.2, 0.25) is 0 Å². The lowest BCUT2D eigenvalue weighted by Crippen LogP contribution is -2.41. The Morgan fingerprint density at radius 2 is 2.16 bits per heavy atom. The predicted octanol–water partition coefficient (Wildman–Crippen LogP) is 1.97. The summed E-state index contributed by atoms with van der Waals surface area (Å²) < 4.78 is 0. The highest BCUT2D eigenvalue weighted by Gasteiger charge is 2.33. The molecule has 2 N–H and O–H groups in total. The number of amidine groups is 1. The van der Waals surface area contributed by atoms with Crippen molar-refractivity contribution >= 4 is 11.9 Å². The Bertz CT molecular complexity index is 530. The van der Waals surface area contributed by atoms with E-state index < -0.39 is 0 Å². The molecule has 98 valence electrons. The fraction of sp³-hybridized carbons (Fsp3) is 0.333. The van der Waals surface area contributed by atoms with Gasteiger partial charge in [-0.3, -0.25) is 0 Å². The normalized spacial score (nSPS) is 20.0. The molecule has 0 aliphatic carbocycles. The van der Waals surface area contributed by atoms with Crippen LogP contribution in [0.3, 0.4) is 0 Å². The molecular formula is C15H17N3O. The van der Waals surface area contributed by atoms with Crippen LogP contribution in [-0.2, 0) is 0 Å². The molecule has 0 spiro atoms. The van der Waals surface area contributed by atoms with Gasteiger partial charge in [0.1, 0.15) is 5.84 Å². The average Bonchev–Trinajstić information content (AvgIpc) is 2.67. The predicted molar refractivity (Wildman–Crippen MR) is 75.8 cm³/mol. The number of benzene rings is 1. The van der Waals surface area contributed by atoms with Crippen LogP contribution in [0.25, 0.3) is 0 Å². The molecule has 1 aromatic rings. The molecule has 0 bridgehead atoms. The second-order valence-electron chi connectivity index (χ2n) is 4.71. The Labute approximate surface area is 113 Å². The van der Waals surface area contributed by atoms with Gasteiger partial charge in [-0.1, -0.05) is 43.2 Å². The van der Waals surface area contributed by atoms with E-state index in [-0.39, 0.29) is 24.5 Å². The molecule has 4 heteroatoms. The Hall–Kier alpha value is -2.28. The van der Waals surface area contributed by atoms with E-state index in [0.29, 0.717) is 5.84 Å². The molecule has 4 nitrogen and oxygen atoms in total. The minimum Gasteiger partial charge on any atom is -0.385 e. The van der Waals surface area contributed by atoms with E-state index >= 15 is 0 Å². The first kappa shape index (κ1) is 13.2. The molecule has 2 unspecified atom stereocenters. The monoisotopic (exact) mass is 255 g/mol. The molecule has 1 heterocycles. The maximum Gasteiger partial charge on any atom is 0.346 e. The molecule has 2 amide bonds. The average molecular weight is 255 g/mol. The maximum atomic E-state index is 11.7. The zero-order valence-electron chi connectivity index (χ0n) is 10.9. The molecule has 0 aromatic heterocycles. The van der Waals surface area contributed by atoms with Crippen LogP contribution in [0.2, 0.25) is 0 Å². The lowest BCUT2D eigenvalue weighted by Gasteiger charge is -2.25. The van der Waals surface area contributed by atoms with Gasteiger partial charge in [0.25, 0.3) is 0 Å². The number of amides is 2. The van der Waals surface area contributed by atoms with Crippen LogP contribution >= 0.6 is 0 Å². The van der Waals surface area contributed by atoms with Crippen LogP contribution < -0.4 is 5.73 Å². The number of nitrogens with two attached hydrogens (primary N) is 1. The van der Waals surface area contributed by atoms with Crippen LogP contribution in [0, 0.1) is 12.3 Å². The molecule has 0 radical (unpaired) electrons. The minimum atomic E-state index is -0.333. The van der Waals surface area contributed by atoms with Gasteiger partial charge >= 0.3 is 6.03 Å². The SMILES string of the molecule is C#CCN1C(=O)N=C(N)C1CC(C)c1ccccc1. The summed E-state index contributed by atoms with van der Waals surface area (Å²) in [4.78, 5) is 17.0. The van der Waals surface area contributed by atoms with E-state index in [1.165, 1.54) is 5.56 Å². The van der Waals surface area contributed by atoms with Gasteiger partial charge in [0.15, 0.2) is 0 Å². The van der Waals surface area contributed by atoms with Crippen molar-refractivity contribution in [1.29, 1.82) is 0 Å². The summed E-state index contributed by atoms with van der Waals surface area (Å²) in [5.41, 5.74) is 7.05. The van der Waals surface area contributed by atoms with Crippen LogP contribution in [-0.4, -0.2) is 29.4 Å². The molecule has 1 aliphatic heterocycles. The summed E-state index contributed by atoms with van der Waals surface area (Å²) in [6, 6.07) is 9.60. The second-order valence-corrected chi connectivity index (χ2v) is 4.71. The largest absolute Gasteiger partial charge is 0.385 e. The molecule has 19 heavy (non-hydrogen) atoms. The molecule has 0 saturated heterocycles. The van der Waals surface area contributed by atoms with E-state index in [1.54, 1.807) is 4.90 Å². The highest BCUT2D eigenvalue weighted by Crippen LogP contribution is 2.25. The number of carbonyl (C=O) groups is 1. The summed E-state index contributed by atoms with van der Waals surface area (Å²) in [6.07, 6.45) is 6.01. The lowest BCUT2D eigenvalue weighted by molar-refractivity contribution is 0.210. The van der Waals surface area contributed by atoms with Gasteiger partial charge in [-0.25, -0.2) is 4.79 Å². The van der Waals surface area contributed by atoms with Crippen LogP contribution in [0.5, 0.6) is 0 Å². The highest BCUT2D eigenvalue weighted by molar-refractivity contribution is 6.02. The van der Waals surface area contributed by atoms with Crippen LogP contribution in [0.1, 0.15) is 24.8 Å². The van der Waals surface area contributed by atoms with E-state index in [0.717, 1.165) is 6.42 Å². The number of terminal acetylenes is 1. The first-order chi connectivity index (χ1) is 9.13. The molecule has 2 atom stereocenters. The zero-order chi connectivity index (χ0) is 13.8. The molecule has 1 aliphatic rings. The second kappa shape index (κ2) is 5.57. The van der Waals surface area contributed by atoms with Crippen molar-refractivity contribution in [2.45, 2.75) is 25.3 Å². The topological polar surface area (TPSA) is 58.7 Å². The zero-order valence-corrected chi connectivity index (χ0v) is 10.9. The van der Waals surface area contributed by atoms with Crippen molar-refractivity contribution in [3.05, 3.63) is 35.9 Å². The number of nitrogens with zero attached hydrogens (tertiary/aromatic N) is 2. The molecule has 2 rings (SSSR count). The number of urea groups is 1. The quantitative estimate of drug-likeness (QED) is 0.836. The van der Waals surface area contributed by atoms with E-state index in [4.69, 9.17) is 12.2 Å². The molecule has 0 saturated carbocycles. The Morgan fingerprint density at radius 3 is 2.79 bits per heavy atom. The first-order valence-corrected chi connectivity index (χ1v) is 6.26. The standard InChI is InChI=1S/C15H17N3O/c1-3-9-18-13(14(16)17-15(18)19)10-11(2)12-7-5-4-6-8-12/h1,4-8,11,13H,9-10H2,2H3,(H2,16,17,19). The molecule has 1 aromatic carbocycles. The smallest absolute Gasteiger partial charge is 0.346 e. The summed E-state index contributed by atoms with van der Waals surface area (Å²) in [5.74, 6) is 3.13. The van der Waals surface area contributed by atoms with Gasteiger partial charge in [0, 0.05) is 0 Å². The fourth-order valence-electron chi connectivity index (χ4n) is 2.32. The third kappa shape index (κ3) is 2.76. The number of hydrogen-bond donors (Lipinski definition) is 1. The molecular weight excluding hydrogens is 238 g/mol.